The average Bonchev–Trinajstić information content (AvgIpc) is 1.87. The molecule has 0 aliphatic heterocycles. The van der Waals surface area contributed by atoms with E-state index >= 15 is 0 Å². The van der Waals surface area contributed by atoms with E-state index in [1.807, 2.05) is 6.92 Å². The van der Waals surface area contributed by atoms with Gasteiger partial charge in [-0.15, -0.1) is 0 Å². The van der Waals surface area contributed by atoms with Crippen molar-refractivity contribution in [1.29, 1.82) is 5.26 Å². The minimum atomic E-state index is -3.68. The summed E-state index contributed by atoms with van der Waals surface area (Å²) in [6.45, 7) is 1.93. The highest BCUT2D eigenvalue weighted by Gasteiger charge is 2.21. The predicted molar refractivity (Wildman–Crippen MR) is 43.7 cm³/mol. The molecule has 0 saturated heterocycles. The first-order valence-corrected chi connectivity index (χ1v) is 5.72. The Morgan fingerprint density at radius 2 is 2.18 bits per heavy atom. The van der Waals surface area contributed by atoms with E-state index in [0.29, 0.717) is 12.8 Å². The Balaban J connectivity index is 4.12. The molecule has 0 spiro atoms. The second-order valence-electron chi connectivity index (χ2n) is 2.24. The fourth-order valence-corrected chi connectivity index (χ4v) is 1.62. The first kappa shape index (κ1) is 10.7. The topological polar surface area (TPSA) is 57.9 Å². The minimum Gasteiger partial charge on any atom is -0.211 e. The lowest BCUT2D eigenvalue weighted by molar-refractivity contribution is 0.595. The van der Waals surface area contributed by atoms with Crippen LogP contribution in [0.25, 0.3) is 0 Å². The van der Waals surface area contributed by atoms with Gasteiger partial charge in [0.05, 0.1) is 6.07 Å². The van der Waals surface area contributed by atoms with Gasteiger partial charge in [-0.2, -0.15) is 5.26 Å². The summed E-state index contributed by atoms with van der Waals surface area (Å²) >= 11 is 0. The van der Waals surface area contributed by atoms with E-state index < -0.39 is 14.3 Å². The van der Waals surface area contributed by atoms with Gasteiger partial charge >= 0.3 is 0 Å². The second-order valence-corrected chi connectivity index (χ2v) is 5.05. The summed E-state index contributed by atoms with van der Waals surface area (Å²) in [5.74, 6) is 0. The van der Waals surface area contributed by atoms with Gasteiger partial charge in [0.25, 0.3) is 0 Å². The molecule has 1 atom stereocenters. The van der Waals surface area contributed by atoms with Crippen LogP contribution in [-0.4, -0.2) is 13.7 Å². The first-order chi connectivity index (χ1) is 5.02. The molecule has 0 N–H and O–H groups in total. The average molecular weight is 196 g/mol. The summed E-state index contributed by atoms with van der Waals surface area (Å²) < 4.78 is 21.2. The van der Waals surface area contributed by atoms with Crippen LogP contribution in [0, 0.1) is 11.3 Å². The van der Waals surface area contributed by atoms with Crippen molar-refractivity contribution in [3.05, 3.63) is 0 Å². The standard InChI is InChI=1S/C6H10ClNO2S/c1-2-3-4-6(5-8)11(7,9)10/h6H,2-4H2,1H3. The van der Waals surface area contributed by atoms with E-state index in [-0.39, 0.29) is 0 Å². The largest absolute Gasteiger partial charge is 0.248 e. The van der Waals surface area contributed by atoms with Crippen LogP contribution < -0.4 is 0 Å². The Labute approximate surface area is 71.4 Å². The van der Waals surface area contributed by atoms with E-state index in [1.165, 1.54) is 0 Å². The highest BCUT2D eigenvalue weighted by Crippen LogP contribution is 2.13. The number of rotatable bonds is 4. The maximum Gasteiger partial charge on any atom is 0.248 e. The molecule has 5 heteroatoms. The first-order valence-electron chi connectivity index (χ1n) is 3.35. The van der Waals surface area contributed by atoms with Gasteiger partial charge in [-0.25, -0.2) is 8.42 Å². The van der Waals surface area contributed by atoms with E-state index in [1.54, 1.807) is 6.07 Å². The molecule has 0 rings (SSSR count). The number of nitrogens with zero attached hydrogens (tertiary/aromatic N) is 1. The summed E-state index contributed by atoms with van der Waals surface area (Å²) in [6, 6.07) is 1.66. The van der Waals surface area contributed by atoms with E-state index in [9.17, 15) is 8.42 Å². The summed E-state index contributed by atoms with van der Waals surface area (Å²) in [7, 11) is 1.31. The Kier molecular flexibility index (Phi) is 4.46. The molecule has 0 fully saturated rings. The molecular formula is C6H10ClNO2S. The second kappa shape index (κ2) is 4.58. The van der Waals surface area contributed by atoms with Crippen LogP contribution in [0.15, 0.2) is 0 Å². The highest BCUT2D eigenvalue weighted by molar-refractivity contribution is 8.14. The molecule has 0 aromatic rings. The third kappa shape index (κ3) is 4.23. The van der Waals surface area contributed by atoms with Crippen LogP contribution in [0.5, 0.6) is 0 Å². The fraction of sp³-hybridized carbons (Fsp3) is 0.833. The zero-order valence-electron chi connectivity index (χ0n) is 6.25. The highest BCUT2D eigenvalue weighted by atomic mass is 35.7. The maximum atomic E-state index is 10.6. The zero-order valence-corrected chi connectivity index (χ0v) is 7.82. The Bertz CT molecular complexity index is 242. The molecule has 0 aliphatic carbocycles. The number of hydrogen-bond donors (Lipinski definition) is 0. The van der Waals surface area contributed by atoms with Crippen LogP contribution in [0.2, 0.25) is 0 Å². The molecule has 1 unspecified atom stereocenters. The molecule has 0 aliphatic rings. The fourth-order valence-electron chi connectivity index (χ4n) is 0.658. The zero-order chi connectivity index (χ0) is 8.91. The molecule has 0 radical (unpaired) electrons. The van der Waals surface area contributed by atoms with E-state index in [2.05, 4.69) is 0 Å². The molecule has 0 bridgehead atoms. The van der Waals surface area contributed by atoms with Crippen molar-refractivity contribution >= 4 is 19.7 Å². The molecule has 3 nitrogen and oxygen atoms in total. The maximum absolute atomic E-state index is 10.6. The van der Waals surface area contributed by atoms with Crippen molar-refractivity contribution in [2.24, 2.45) is 0 Å². The molecule has 0 aromatic carbocycles. The molecule has 11 heavy (non-hydrogen) atoms. The Morgan fingerprint density at radius 1 is 1.64 bits per heavy atom. The van der Waals surface area contributed by atoms with Crippen molar-refractivity contribution in [2.75, 3.05) is 0 Å². The summed E-state index contributed by atoms with van der Waals surface area (Å²) in [6.07, 6.45) is 1.91. The van der Waals surface area contributed by atoms with E-state index in [4.69, 9.17) is 15.9 Å². The smallest absolute Gasteiger partial charge is 0.211 e. The molecule has 0 heterocycles. The summed E-state index contributed by atoms with van der Waals surface area (Å²) in [4.78, 5) is 0. The van der Waals surface area contributed by atoms with Crippen molar-refractivity contribution in [3.8, 4) is 6.07 Å². The van der Waals surface area contributed by atoms with Gasteiger partial charge in [0.1, 0.15) is 0 Å². The van der Waals surface area contributed by atoms with Crippen LogP contribution in [0.4, 0.5) is 0 Å². The van der Waals surface area contributed by atoms with Crippen LogP contribution in [0.3, 0.4) is 0 Å². The molecule has 0 amide bonds. The summed E-state index contributed by atoms with van der Waals surface area (Å²) in [5, 5.41) is 7.34. The minimum absolute atomic E-state index is 0.332. The Hall–Kier alpha value is -0.270. The third-order valence-electron chi connectivity index (χ3n) is 1.30. The quantitative estimate of drug-likeness (QED) is 0.641. The van der Waals surface area contributed by atoms with Crippen molar-refractivity contribution < 1.29 is 8.42 Å². The normalized spacial score (nSPS) is 13.9. The molecule has 0 aromatic heterocycles. The van der Waals surface area contributed by atoms with Gasteiger partial charge in [-0.3, -0.25) is 0 Å². The molecular weight excluding hydrogens is 186 g/mol. The lowest BCUT2D eigenvalue weighted by Crippen LogP contribution is -2.13. The van der Waals surface area contributed by atoms with Gasteiger partial charge in [-0.05, 0) is 6.42 Å². The predicted octanol–water partition coefficient (Wildman–Crippen LogP) is 1.64. The molecule has 0 saturated carbocycles. The van der Waals surface area contributed by atoms with Crippen LogP contribution in [-0.2, 0) is 9.05 Å². The van der Waals surface area contributed by atoms with Crippen LogP contribution in [0.1, 0.15) is 26.2 Å². The van der Waals surface area contributed by atoms with Gasteiger partial charge < -0.3 is 0 Å². The van der Waals surface area contributed by atoms with E-state index in [0.717, 1.165) is 6.42 Å². The number of nitriles is 1. The molecule has 64 valence electrons. The number of halogens is 1. The number of hydrogen-bond acceptors (Lipinski definition) is 3. The SMILES string of the molecule is CCCCC(C#N)S(=O)(=O)Cl. The lowest BCUT2D eigenvalue weighted by atomic mass is 10.2. The van der Waals surface area contributed by atoms with Crippen molar-refractivity contribution in [1.82, 2.24) is 0 Å². The lowest BCUT2D eigenvalue weighted by Gasteiger charge is -2.01. The summed E-state index contributed by atoms with van der Waals surface area (Å²) in [5.41, 5.74) is 0. The third-order valence-corrected chi connectivity index (χ3v) is 2.97. The number of unbranched alkanes of at least 4 members (excludes halogenated alkanes) is 1. The van der Waals surface area contributed by atoms with Crippen LogP contribution >= 0.6 is 10.7 Å². The van der Waals surface area contributed by atoms with Gasteiger partial charge in [0.2, 0.25) is 9.05 Å². The monoisotopic (exact) mass is 195 g/mol. The van der Waals surface area contributed by atoms with Gasteiger partial charge in [-0.1, -0.05) is 19.8 Å². The van der Waals surface area contributed by atoms with Gasteiger partial charge in [0, 0.05) is 10.7 Å². The van der Waals surface area contributed by atoms with Gasteiger partial charge in [0.15, 0.2) is 5.25 Å². The van der Waals surface area contributed by atoms with Crippen molar-refractivity contribution in [2.45, 2.75) is 31.4 Å². The Morgan fingerprint density at radius 3 is 2.45 bits per heavy atom. The van der Waals surface area contributed by atoms with Crippen molar-refractivity contribution in [3.63, 3.8) is 0 Å².